The molecule has 1 aromatic rings. The standard InChI is InChI=1S/C15H22N4O2.HI/c1-5-10-16-14(18-15(2,3)4)17-11-12-6-8-13(9-7-12)19(20)21;/h5-9H,1,10-11H2,2-4H3,(H2,16,17,18);1H. The highest BCUT2D eigenvalue weighted by molar-refractivity contribution is 14.0. The molecule has 0 bridgehead atoms. The van der Waals surface area contributed by atoms with Crippen LogP contribution in [0.3, 0.4) is 0 Å². The van der Waals surface area contributed by atoms with E-state index in [9.17, 15) is 10.1 Å². The van der Waals surface area contributed by atoms with Crippen molar-refractivity contribution in [2.24, 2.45) is 4.99 Å². The molecule has 0 aliphatic heterocycles. The molecule has 0 aliphatic rings. The maximum atomic E-state index is 10.6. The number of benzene rings is 1. The Bertz CT molecular complexity index is 521. The van der Waals surface area contributed by atoms with Gasteiger partial charge < -0.3 is 10.6 Å². The predicted molar refractivity (Wildman–Crippen MR) is 101 cm³/mol. The highest BCUT2D eigenvalue weighted by Crippen LogP contribution is 2.12. The zero-order valence-electron chi connectivity index (χ0n) is 13.1. The molecule has 0 aromatic heterocycles. The first kappa shape index (κ1) is 20.4. The summed E-state index contributed by atoms with van der Waals surface area (Å²) >= 11 is 0. The summed E-state index contributed by atoms with van der Waals surface area (Å²) in [4.78, 5) is 14.7. The highest BCUT2D eigenvalue weighted by atomic mass is 127. The van der Waals surface area contributed by atoms with E-state index in [0.29, 0.717) is 19.0 Å². The fourth-order valence-electron chi connectivity index (χ4n) is 1.56. The van der Waals surface area contributed by atoms with Crippen molar-refractivity contribution in [3.63, 3.8) is 0 Å². The molecule has 1 rings (SSSR count). The van der Waals surface area contributed by atoms with Gasteiger partial charge in [-0.1, -0.05) is 18.2 Å². The van der Waals surface area contributed by atoms with E-state index >= 15 is 0 Å². The first-order valence-electron chi connectivity index (χ1n) is 6.72. The minimum Gasteiger partial charge on any atom is -0.353 e. The molecular weight excluding hydrogens is 395 g/mol. The molecule has 0 atom stereocenters. The van der Waals surface area contributed by atoms with Gasteiger partial charge in [0.25, 0.3) is 5.69 Å². The Morgan fingerprint density at radius 1 is 1.36 bits per heavy atom. The highest BCUT2D eigenvalue weighted by Gasteiger charge is 2.11. The van der Waals surface area contributed by atoms with Gasteiger partial charge in [-0.2, -0.15) is 0 Å². The molecular formula is C15H23IN4O2. The normalized spacial score (nSPS) is 11.3. The average Bonchev–Trinajstić information content (AvgIpc) is 2.41. The van der Waals surface area contributed by atoms with Gasteiger partial charge in [-0.25, -0.2) is 4.99 Å². The second-order valence-electron chi connectivity index (χ2n) is 5.63. The van der Waals surface area contributed by atoms with Crippen molar-refractivity contribution in [2.45, 2.75) is 32.9 Å². The topological polar surface area (TPSA) is 79.6 Å². The second kappa shape index (κ2) is 9.39. The summed E-state index contributed by atoms with van der Waals surface area (Å²) in [5.41, 5.74) is 0.886. The average molecular weight is 418 g/mol. The minimum atomic E-state index is -0.411. The molecule has 0 radical (unpaired) electrons. The van der Waals surface area contributed by atoms with Crippen LogP contribution in [-0.2, 0) is 6.54 Å². The van der Waals surface area contributed by atoms with Gasteiger partial charge in [-0.05, 0) is 26.3 Å². The summed E-state index contributed by atoms with van der Waals surface area (Å²) in [6.07, 6.45) is 1.76. The van der Waals surface area contributed by atoms with Crippen molar-refractivity contribution >= 4 is 35.6 Å². The van der Waals surface area contributed by atoms with Gasteiger partial charge in [0.05, 0.1) is 11.5 Å². The number of aliphatic imine (C=N–C) groups is 1. The number of halogens is 1. The van der Waals surface area contributed by atoms with Crippen molar-refractivity contribution in [1.82, 2.24) is 10.6 Å². The molecule has 0 unspecified atom stereocenters. The Kier molecular flexibility index (Phi) is 8.69. The van der Waals surface area contributed by atoms with E-state index in [-0.39, 0.29) is 35.2 Å². The van der Waals surface area contributed by atoms with Crippen LogP contribution in [0.5, 0.6) is 0 Å². The van der Waals surface area contributed by atoms with Crippen LogP contribution in [0.2, 0.25) is 0 Å². The molecule has 7 heteroatoms. The fraction of sp³-hybridized carbons (Fsp3) is 0.400. The summed E-state index contributed by atoms with van der Waals surface area (Å²) in [5, 5.41) is 17.0. The number of nitrogens with zero attached hydrogens (tertiary/aromatic N) is 2. The summed E-state index contributed by atoms with van der Waals surface area (Å²) in [6.45, 7) is 10.9. The summed E-state index contributed by atoms with van der Waals surface area (Å²) in [6, 6.07) is 6.39. The van der Waals surface area contributed by atoms with Gasteiger partial charge in [0.2, 0.25) is 0 Å². The van der Waals surface area contributed by atoms with Crippen LogP contribution >= 0.6 is 24.0 Å². The smallest absolute Gasteiger partial charge is 0.269 e. The first-order chi connectivity index (χ1) is 9.81. The van der Waals surface area contributed by atoms with Gasteiger partial charge in [0.1, 0.15) is 0 Å². The van der Waals surface area contributed by atoms with Gasteiger partial charge in [-0.3, -0.25) is 10.1 Å². The van der Waals surface area contributed by atoms with E-state index in [1.165, 1.54) is 12.1 Å². The van der Waals surface area contributed by atoms with E-state index in [2.05, 4.69) is 22.2 Å². The Morgan fingerprint density at radius 2 is 1.95 bits per heavy atom. The van der Waals surface area contributed by atoms with Crippen molar-refractivity contribution in [3.8, 4) is 0 Å². The van der Waals surface area contributed by atoms with Crippen molar-refractivity contribution in [1.29, 1.82) is 0 Å². The molecule has 0 saturated carbocycles. The lowest BCUT2D eigenvalue weighted by atomic mass is 10.1. The van der Waals surface area contributed by atoms with Crippen LogP contribution in [0.25, 0.3) is 0 Å². The molecule has 0 saturated heterocycles. The SMILES string of the molecule is C=CCNC(=NCc1ccc([N+](=O)[O-])cc1)NC(C)(C)C.I. The van der Waals surface area contributed by atoms with Crippen LogP contribution in [0.4, 0.5) is 5.69 Å². The third kappa shape index (κ3) is 7.96. The van der Waals surface area contributed by atoms with Crippen LogP contribution in [0.15, 0.2) is 41.9 Å². The number of rotatable bonds is 5. The molecule has 122 valence electrons. The number of nitrogens with one attached hydrogen (secondary N) is 2. The molecule has 1 aromatic carbocycles. The molecule has 0 fully saturated rings. The number of nitro benzene ring substituents is 1. The number of hydrogen-bond donors (Lipinski definition) is 2. The van der Waals surface area contributed by atoms with Crippen LogP contribution < -0.4 is 10.6 Å². The molecule has 0 aliphatic carbocycles. The van der Waals surface area contributed by atoms with E-state index in [1.807, 2.05) is 20.8 Å². The molecule has 2 N–H and O–H groups in total. The molecule has 22 heavy (non-hydrogen) atoms. The van der Waals surface area contributed by atoms with Crippen molar-refractivity contribution < 1.29 is 4.92 Å². The Balaban J connectivity index is 0.00000441. The van der Waals surface area contributed by atoms with Gasteiger partial charge in [0.15, 0.2) is 5.96 Å². The van der Waals surface area contributed by atoms with E-state index in [4.69, 9.17) is 0 Å². The van der Waals surface area contributed by atoms with Crippen LogP contribution in [-0.4, -0.2) is 23.0 Å². The van der Waals surface area contributed by atoms with E-state index in [1.54, 1.807) is 18.2 Å². The Labute approximate surface area is 148 Å². The maximum absolute atomic E-state index is 10.6. The lowest BCUT2D eigenvalue weighted by Gasteiger charge is -2.23. The third-order valence-corrected chi connectivity index (χ3v) is 2.47. The minimum absolute atomic E-state index is 0. The Hall–Kier alpha value is -1.64. The van der Waals surface area contributed by atoms with Crippen molar-refractivity contribution in [2.75, 3.05) is 6.54 Å². The Morgan fingerprint density at radius 3 is 2.41 bits per heavy atom. The van der Waals surface area contributed by atoms with Gasteiger partial charge in [-0.15, -0.1) is 30.6 Å². The first-order valence-corrected chi connectivity index (χ1v) is 6.72. The number of guanidine groups is 1. The third-order valence-electron chi connectivity index (χ3n) is 2.47. The zero-order valence-corrected chi connectivity index (χ0v) is 15.5. The van der Waals surface area contributed by atoms with Crippen LogP contribution in [0.1, 0.15) is 26.3 Å². The molecule has 0 spiro atoms. The summed E-state index contributed by atoms with van der Waals surface area (Å²) < 4.78 is 0. The summed E-state index contributed by atoms with van der Waals surface area (Å²) in [7, 11) is 0. The molecule has 0 heterocycles. The van der Waals surface area contributed by atoms with Crippen molar-refractivity contribution in [3.05, 3.63) is 52.6 Å². The number of nitro groups is 1. The van der Waals surface area contributed by atoms with Gasteiger partial charge in [0, 0.05) is 24.2 Å². The monoisotopic (exact) mass is 418 g/mol. The summed E-state index contributed by atoms with van der Waals surface area (Å²) in [5.74, 6) is 0.681. The zero-order chi connectivity index (χ0) is 15.9. The van der Waals surface area contributed by atoms with E-state index < -0.39 is 4.92 Å². The van der Waals surface area contributed by atoms with Crippen LogP contribution in [0, 0.1) is 10.1 Å². The number of hydrogen-bond acceptors (Lipinski definition) is 3. The number of non-ortho nitro benzene ring substituents is 1. The van der Waals surface area contributed by atoms with Gasteiger partial charge >= 0.3 is 0 Å². The maximum Gasteiger partial charge on any atom is 0.269 e. The predicted octanol–water partition coefficient (Wildman–Crippen LogP) is 3.23. The lowest BCUT2D eigenvalue weighted by Crippen LogP contribution is -2.47. The van der Waals surface area contributed by atoms with E-state index in [0.717, 1.165) is 5.56 Å². The lowest BCUT2D eigenvalue weighted by molar-refractivity contribution is -0.384. The quantitative estimate of drug-likeness (QED) is 0.192. The largest absolute Gasteiger partial charge is 0.353 e. The molecule has 6 nitrogen and oxygen atoms in total. The second-order valence-corrected chi connectivity index (χ2v) is 5.63. The molecule has 0 amide bonds. The fourth-order valence-corrected chi connectivity index (χ4v) is 1.56.